The second-order valence-corrected chi connectivity index (χ2v) is 7.35. The van der Waals surface area contributed by atoms with Crippen LogP contribution in [0.3, 0.4) is 0 Å². The van der Waals surface area contributed by atoms with Crippen LogP contribution in [0.4, 0.5) is 5.69 Å². The van der Waals surface area contributed by atoms with Crippen molar-refractivity contribution in [3.05, 3.63) is 92.9 Å². The van der Waals surface area contributed by atoms with Gasteiger partial charge in [0, 0.05) is 20.6 Å². The lowest BCUT2D eigenvalue weighted by Gasteiger charge is -2.19. The maximum atomic E-state index is 13.1. The maximum Gasteiger partial charge on any atom is 0.282 e. The second-order valence-electron chi connectivity index (χ2n) is 5.58. The SMILES string of the molecule is O=C1/C(=C\c2ccco2)N=C(c2ccccc2Br)N1c1ccc(Br)cc1. The molecule has 0 spiro atoms. The van der Waals surface area contributed by atoms with Crippen molar-refractivity contribution in [3.8, 4) is 0 Å². The van der Waals surface area contributed by atoms with Gasteiger partial charge in [-0.05, 0) is 42.5 Å². The number of hydrogen-bond acceptors (Lipinski definition) is 3. The Kier molecular flexibility index (Phi) is 4.61. The molecule has 0 saturated carbocycles. The molecule has 0 aliphatic carbocycles. The van der Waals surface area contributed by atoms with E-state index in [9.17, 15) is 4.79 Å². The molecular weight excluding hydrogens is 460 g/mol. The topological polar surface area (TPSA) is 45.8 Å². The van der Waals surface area contributed by atoms with E-state index in [4.69, 9.17) is 4.42 Å². The normalized spacial score (nSPS) is 15.6. The minimum atomic E-state index is -0.200. The summed E-state index contributed by atoms with van der Waals surface area (Å²) in [5, 5.41) is 0. The summed E-state index contributed by atoms with van der Waals surface area (Å²) in [4.78, 5) is 19.3. The average molecular weight is 472 g/mol. The van der Waals surface area contributed by atoms with Crippen LogP contribution in [0.25, 0.3) is 6.08 Å². The van der Waals surface area contributed by atoms with Crippen molar-refractivity contribution in [1.29, 1.82) is 0 Å². The van der Waals surface area contributed by atoms with Gasteiger partial charge in [-0.1, -0.05) is 50.1 Å². The summed E-state index contributed by atoms with van der Waals surface area (Å²) in [5.74, 6) is 0.957. The highest BCUT2D eigenvalue weighted by molar-refractivity contribution is 9.10. The molecule has 0 atom stereocenters. The van der Waals surface area contributed by atoms with Crippen molar-refractivity contribution in [2.24, 2.45) is 4.99 Å². The summed E-state index contributed by atoms with van der Waals surface area (Å²) in [6.45, 7) is 0. The van der Waals surface area contributed by atoms with Gasteiger partial charge >= 0.3 is 0 Å². The highest BCUT2D eigenvalue weighted by Crippen LogP contribution is 2.31. The third-order valence-electron chi connectivity index (χ3n) is 3.88. The van der Waals surface area contributed by atoms with Crippen molar-refractivity contribution in [2.45, 2.75) is 0 Å². The van der Waals surface area contributed by atoms with Crippen LogP contribution in [-0.4, -0.2) is 11.7 Å². The van der Waals surface area contributed by atoms with Gasteiger partial charge in [-0.2, -0.15) is 0 Å². The molecule has 0 saturated heterocycles. The summed E-state index contributed by atoms with van der Waals surface area (Å²) in [6, 6.07) is 18.8. The molecule has 3 aromatic rings. The van der Waals surface area contributed by atoms with E-state index >= 15 is 0 Å². The molecule has 0 N–H and O–H groups in total. The summed E-state index contributed by atoms with van der Waals surface area (Å²) in [6.07, 6.45) is 3.22. The Bertz CT molecular complexity index is 1020. The van der Waals surface area contributed by atoms with Crippen LogP contribution in [0.2, 0.25) is 0 Å². The molecule has 6 heteroatoms. The van der Waals surface area contributed by atoms with Crippen molar-refractivity contribution in [2.75, 3.05) is 4.90 Å². The summed E-state index contributed by atoms with van der Waals surface area (Å²) in [7, 11) is 0. The van der Waals surface area contributed by atoms with Crippen molar-refractivity contribution < 1.29 is 9.21 Å². The number of furan rings is 1. The van der Waals surface area contributed by atoms with E-state index in [2.05, 4.69) is 36.9 Å². The number of aliphatic imine (C=N–C) groups is 1. The zero-order chi connectivity index (χ0) is 18.1. The van der Waals surface area contributed by atoms with E-state index in [1.165, 1.54) is 0 Å². The monoisotopic (exact) mass is 470 g/mol. The lowest BCUT2D eigenvalue weighted by Crippen LogP contribution is -2.32. The molecule has 0 unspecified atom stereocenters. The number of benzene rings is 2. The van der Waals surface area contributed by atoms with Gasteiger partial charge in [-0.25, -0.2) is 4.99 Å². The molecule has 1 aromatic heterocycles. The van der Waals surface area contributed by atoms with Gasteiger partial charge in [0.1, 0.15) is 17.3 Å². The highest BCUT2D eigenvalue weighted by atomic mass is 79.9. The van der Waals surface area contributed by atoms with Gasteiger partial charge in [-0.3, -0.25) is 9.69 Å². The van der Waals surface area contributed by atoms with Gasteiger partial charge < -0.3 is 4.42 Å². The number of halogens is 2. The van der Waals surface area contributed by atoms with Gasteiger partial charge in [-0.15, -0.1) is 0 Å². The fourth-order valence-corrected chi connectivity index (χ4v) is 3.40. The van der Waals surface area contributed by atoms with Crippen LogP contribution in [0, 0.1) is 0 Å². The molecule has 26 heavy (non-hydrogen) atoms. The number of hydrogen-bond donors (Lipinski definition) is 0. The number of carbonyl (C=O) groups is 1. The summed E-state index contributed by atoms with van der Waals surface area (Å²) in [5.41, 5.74) is 1.91. The fraction of sp³-hybridized carbons (Fsp3) is 0. The lowest BCUT2D eigenvalue weighted by molar-refractivity contribution is -0.113. The molecule has 1 aliphatic rings. The first-order valence-electron chi connectivity index (χ1n) is 7.82. The van der Waals surface area contributed by atoms with Gasteiger partial charge in [0.25, 0.3) is 5.91 Å². The molecule has 0 radical (unpaired) electrons. The molecule has 0 bridgehead atoms. The molecule has 0 fully saturated rings. The molecule has 4 rings (SSSR count). The van der Waals surface area contributed by atoms with Crippen LogP contribution in [-0.2, 0) is 4.79 Å². The fourth-order valence-electron chi connectivity index (χ4n) is 2.68. The highest BCUT2D eigenvalue weighted by Gasteiger charge is 2.33. The number of nitrogens with zero attached hydrogens (tertiary/aromatic N) is 2. The number of carbonyl (C=O) groups excluding carboxylic acids is 1. The van der Waals surface area contributed by atoms with Crippen molar-refractivity contribution >= 4 is 55.4 Å². The molecule has 2 aromatic carbocycles. The predicted octanol–water partition coefficient (Wildman–Crippen LogP) is 5.64. The summed E-state index contributed by atoms with van der Waals surface area (Å²) >= 11 is 6.98. The molecule has 1 aliphatic heterocycles. The van der Waals surface area contributed by atoms with E-state index in [1.807, 2.05) is 48.5 Å². The van der Waals surface area contributed by atoms with E-state index < -0.39 is 0 Å². The van der Waals surface area contributed by atoms with Gasteiger partial charge in [0.15, 0.2) is 0 Å². The maximum absolute atomic E-state index is 13.1. The first kappa shape index (κ1) is 17.0. The zero-order valence-corrected chi connectivity index (χ0v) is 16.6. The van der Waals surface area contributed by atoms with Crippen LogP contribution in [0.15, 0.2) is 91.0 Å². The quantitative estimate of drug-likeness (QED) is 0.464. The lowest BCUT2D eigenvalue weighted by atomic mass is 10.2. The zero-order valence-electron chi connectivity index (χ0n) is 13.4. The summed E-state index contributed by atoms with van der Waals surface area (Å²) < 4.78 is 7.14. The number of amides is 1. The van der Waals surface area contributed by atoms with E-state index in [1.54, 1.807) is 29.4 Å². The molecule has 4 nitrogen and oxygen atoms in total. The Morgan fingerprint density at radius 2 is 1.73 bits per heavy atom. The van der Waals surface area contributed by atoms with Crippen LogP contribution in [0.5, 0.6) is 0 Å². The van der Waals surface area contributed by atoms with Crippen LogP contribution < -0.4 is 4.90 Å². The Balaban J connectivity index is 1.86. The van der Waals surface area contributed by atoms with Crippen LogP contribution >= 0.6 is 31.9 Å². The Hall–Kier alpha value is -2.44. The standard InChI is InChI=1S/C20H12Br2N2O2/c21-13-7-9-14(10-8-13)24-19(16-5-1-2-6-17(16)22)23-18(20(24)25)12-15-4-3-11-26-15/h1-12H/b18-12+. The molecule has 128 valence electrons. The minimum Gasteiger partial charge on any atom is -0.465 e. The first-order valence-corrected chi connectivity index (χ1v) is 9.41. The van der Waals surface area contributed by atoms with E-state index in [0.29, 0.717) is 17.3 Å². The average Bonchev–Trinajstić information content (AvgIpc) is 3.26. The number of anilines is 1. The Morgan fingerprint density at radius 3 is 2.42 bits per heavy atom. The number of rotatable bonds is 3. The second kappa shape index (κ2) is 7.05. The third kappa shape index (κ3) is 3.18. The largest absolute Gasteiger partial charge is 0.465 e. The van der Waals surface area contributed by atoms with Gasteiger partial charge in [0.05, 0.1) is 12.0 Å². The third-order valence-corrected chi connectivity index (χ3v) is 5.10. The van der Waals surface area contributed by atoms with Crippen molar-refractivity contribution in [1.82, 2.24) is 0 Å². The molecule has 1 amide bonds. The Morgan fingerprint density at radius 1 is 0.962 bits per heavy atom. The first-order chi connectivity index (χ1) is 12.6. The Labute approximate surface area is 167 Å². The van der Waals surface area contributed by atoms with Crippen LogP contribution in [0.1, 0.15) is 11.3 Å². The van der Waals surface area contributed by atoms with Gasteiger partial charge in [0.2, 0.25) is 0 Å². The predicted molar refractivity (Wildman–Crippen MR) is 109 cm³/mol. The minimum absolute atomic E-state index is 0.200. The van der Waals surface area contributed by atoms with E-state index in [-0.39, 0.29) is 5.91 Å². The molecular formula is C20H12Br2N2O2. The smallest absolute Gasteiger partial charge is 0.282 e. The number of amidine groups is 1. The van der Waals surface area contributed by atoms with Crippen molar-refractivity contribution in [3.63, 3.8) is 0 Å². The van der Waals surface area contributed by atoms with E-state index in [0.717, 1.165) is 20.2 Å². The molecule has 2 heterocycles.